The average Bonchev–Trinajstić information content (AvgIpc) is 2.82. The second kappa shape index (κ2) is 12.7. The fourth-order valence-corrected chi connectivity index (χ4v) is 5.14. The smallest absolute Gasteiger partial charge is 0.452 e. The van der Waals surface area contributed by atoms with Gasteiger partial charge in [-0.2, -0.15) is 87.7 Å². The monoisotopic (exact) mass is 741 g/mol. The quantitative estimate of drug-likeness (QED) is 0.204. The first-order valence-electron chi connectivity index (χ1n) is 11.1. The van der Waals surface area contributed by atoms with Crippen molar-refractivity contribution in [1.82, 2.24) is 4.31 Å². The molecule has 0 aromatic heterocycles. The van der Waals surface area contributed by atoms with E-state index < -0.39 is 106 Å². The van der Waals surface area contributed by atoms with Crippen LogP contribution in [-0.4, -0.2) is 92.0 Å². The van der Waals surface area contributed by atoms with Crippen molar-refractivity contribution in [2.24, 2.45) is 5.41 Å². The van der Waals surface area contributed by atoms with Crippen LogP contribution in [0.1, 0.15) is 0 Å². The van der Waals surface area contributed by atoms with Crippen LogP contribution < -0.4 is 4.74 Å². The lowest BCUT2D eigenvalue weighted by Crippen LogP contribution is -2.73. The summed E-state index contributed by atoms with van der Waals surface area (Å²) in [6.07, 6.45) is -41.6. The van der Waals surface area contributed by atoms with Crippen LogP contribution in [-0.2, 0) is 10.0 Å². The van der Waals surface area contributed by atoms with Crippen LogP contribution in [0.15, 0.2) is 40.5 Å². The van der Waals surface area contributed by atoms with Crippen LogP contribution in [0, 0.1) is 5.41 Å². The molecule has 0 saturated carbocycles. The van der Waals surface area contributed by atoms with E-state index in [1.807, 2.05) is 0 Å². The van der Waals surface area contributed by atoms with Gasteiger partial charge < -0.3 is 14.9 Å². The second-order valence-electron chi connectivity index (χ2n) is 8.52. The van der Waals surface area contributed by atoms with Gasteiger partial charge in [0.1, 0.15) is 11.3 Å². The Morgan fingerprint density at radius 3 is 1.24 bits per heavy atom. The molecule has 0 unspecified atom stereocenters. The van der Waals surface area contributed by atoms with Gasteiger partial charge in [-0.15, -0.1) is 0 Å². The summed E-state index contributed by atoms with van der Waals surface area (Å²) < 4.78 is 289. The second-order valence-corrected chi connectivity index (χ2v) is 10.5. The maximum atomic E-state index is 14.3. The van der Waals surface area contributed by atoms with Crippen LogP contribution in [0.4, 0.5) is 83.4 Å². The minimum atomic E-state index is -9.18. The largest absolute Gasteiger partial charge is 0.454 e. The predicted molar refractivity (Wildman–Crippen MR) is 110 cm³/mol. The Morgan fingerprint density at radius 2 is 0.978 bits per heavy atom. The molecule has 0 aliphatic carbocycles. The summed E-state index contributed by atoms with van der Waals surface area (Å²) in [5.74, 6) is -25.1. The highest BCUT2D eigenvalue weighted by Crippen LogP contribution is 2.72. The molecular weight excluding hydrogens is 727 g/mol. The third-order valence-electron chi connectivity index (χ3n) is 5.60. The number of hydrogen-bond acceptors (Lipinski definition) is 5. The van der Waals surface area contributed by atoms with Crippen LogP contribution in [0.2, 0.25) is 0 Å². The van der Waals surface area contributed by atoms with Crippen molar-refractivity contribution in [1.29, 1.82) is 0 Å². The maximum absolute atomic E-state index is 14.3. The fraction of sp³-hybridized carbons (Fsp3) is 0.600. The molecule has 0 fully saturated rings. The number of aliphatic hydroxyl groups excluding tert-OH is 2. The van der Waals surface area contributed by atoms with E-state index in [4.69, 9.17) is 10.2 Å². The SMILES string of the molecule is O=S(=O)(c1ccc(O/C(=C(/C(F)(F)F)C(C(F)(F)F)(C(F)(F)C(F)(F)F)C(F)(F)C(F)(F)F)C(F)(F)F)cc1)N(CCO)CCO. The molecule has 0 amide bonds. The molecule has 0 atom stereocenters. The highest BCUT2D eigenvalue weighted by Gasteiger charge is 2.96. The van der Waals surface area contributed by atoms with Gasteiger partial charge in [0.05, 0.1) is 18.1 Å². The zero-order chi connectivity index (χ0) is 36.8. The standard InChI is InChI=1S/C20H14F19NO5S/c21-14(22,23)11(13(18(31,32)33,16(27,28)19(34,35)36)17(29,30)20(37,38)39)12(15(24,25)26)45-9-1-3-10(4-2-9)46(43,44)40(5-7-41)6-8-42/h1-4,41-42H,5-8H2/b12-11+. The Hall–Kier alpha value is -2.74. The topological polar surface area (TPSA) is 87.1 Å². The highest BCUT2D eigenvalue weighted by molar-refractivity contribution is 7.89. The van der Waals surface area contributed by atoms with Gasteiger partial charge in [0.25, 0.3) is 0 Å². The van der Waals surface area contributed by atoms with E-state index in [1.165, 1.54) is 0 Å². The molecule has 0 saturated heterocycles. The Kier molecular flexibility index (Phi) is 11.4. The van der Waals surface area contributed by atoms with Gasteiger partial charge in [-0.25, -0.2) is 8.42 Å². The van der Waals surface area contributed by atoms with Crippen molar-refractivity contribution in [2.45, 2.75) is 47.6 Å². The molecule has 0 heterocycles. The minimum absolute atomic E-state index is 0.0271. The number of benzene rings is 1. The number of sulfonamides is 1. The number of aliphatic hydroxyl groups is 2. The summed E-state index contributed by atoms with van der Waals surface area (Å²) in [6, 6.07) is -0.442. The lowest BCUT2D eigenvalue weighted by molar-refractivity contribution is -0.457. The van der Waals surface area contributed by atoms with Crippen molar-refractivity contribution in [3.05, 3.63) is 35.6 Å². The molecule has 2 N–H and O–H groups in total. The summed E-state index contributed by atoms with van der Waals surface area (Å²) in [6.45, 7) is -3.46. The molecular formula is C20H14F19NO5S. The zero-order valence-corrected chi connectivity index (χ0v) is 22.1. The molecule has 0 aliphatic heterocycles. The number of rotatable bonds is 11. The first kappa shape index (κ1) is 41.3. The molecule has 0 radical (unpaired) electrons. The molecule has 268 valence electrons. The summed E-state index contributed by atoms with van der Waals surface area (Å²) in [7, 11) is -4.91. The van der Waals surface area contributed by atoms with Gasteiger partial charge in [0.15, 0.2) is 0 Å². The van der Waals surface area contributed by atoms with Crippen molar-refractivity contribution >= 4 is 10.0 Å². The lowest BCUT2D eigenvalue weighted by Gasteiger charge is -2.48. The molecule has 0 spiro atoms. The number of alkyl halides is 19. The van der Waals surface area contributed by atoms with Crippen LogP contribution in [0.25, 0.3) is 0 Å². The zero-order valence-electron chi connectivity index (χ0n) is 21.3. The fourth-order valence-electron chi connectivity index (χ4n) is 3.72. The first-order chi connectivity index (χ1) is 20.2. The summed E-state index contributed by atoms with van der Waals surface area (Å²) >= 11 is 0. The van der Waals surface area contributed by atoms with Crippen LogP contribution >= 0.6 is 0 Å². The summed E-state index contributed by atoms with van der Waals surface area (Å²) in [5.41, 5.74) is -15.1. The van der Waals surface area contributed by atoms with Crippen LogP contribution in [0.3, 0.4) is 0 Å². The Bertz CT molecular complexity index is 1310. The minimum Gasteiger partial charge on any atom is -0.452 e. The van der Waals surface area contributed by atoms with Crippen LogP contribution in [0.5, 0.6) is 5.75 Å². The van der Waals surface area contributed by atoms with Crippen molar-refractivity contribution < 1.29 is 107 Å². The van der Waals surface area contributed by atoms with Gasteiger partial charge in [-0.05, 0) is 24.3 Å². The van der Waals surface area contributed by atoms with E-state index in [1.54, 1.807) is 0 Å². The summed E-state index contributed by atoms with van der Waals surface area (Å²) in [5, 5.41) is 17.8. The van der Waals surface area contributed by atoms with Gasteiger partial charge >= 0.3 is 42.7 Å². The van der Waals surface area contributed by atoms with Gasteiger partial charge in [0.2, 0.25) is 21.2 Å². The Labute approximate surface area is 242 Å². The number of halogens is 19. The van der Waals surface area contributed by atoms with Gasteiger partial charge in [-0.3, -0.25) is 0 Å². The maximum Gasteiger partial charge on any atom is 0.454 e. The molecule has 0 aliphatic rings. The van der Waals surface area contributed by atoms with Gasteiger partial charge in [0, 0.05) is 13.1 Å². The van der Waals surface area contributed by atoms with Crippen molar-refractivity contribution in [3.63, 3.8) is 0 Å². The van der Waals surface area contributed by atoms with Crippen molar-refractivity contribution in [2.75, 3.05) is 26.3 Å². The third kappa shape index (κ3) is 7.22. The van der Waals surface area contributed by atoms with E-state index in [9.17, 15) is 91.8 Å². The molecule has 46 heavy (non-hydrogen) atoms. The molecule has 26 heteroatoms. The van der Waals surface area contributed by atoms with E-state index in [0.29, 0.717) is 0 Å². The Balaban J connectivity index is 4.46. The molecule has 6 nitrogen and oxygen atoms in total. The molecule has 1 aromatic rings. The molecule has 1 rings (SSSR count). The number of nitrogens with zero attached hydrogens (tertiary/aromatic N) is 1. The molecule has 0 bridgehead atoms. The summed E-state index contributed by atoms with van der Waals surface area (Å²) in [4.78, 5) is -1.13. The van der Waals surface area contributed by atoms with E-state index in [0.717, 1.165) is 0 Å². The number of ether oxygens (including phenoxy) is 1. The van der Waals surface area contributed by atoms with E-state index in [-0.39, 0.29) is 28.6 Å². The van der Waals surface area contributed by atoms with E-state index in [2.05, 4.69) is 4.74 Å². The Morgan fingerprint density at radius 1 is 0.609 bits per heavy atom. The lowest BCUT2D eigenvalue weighted by atomic mass is 9.66. The number of allylic oxidation sites excluding steroid dienone is 2. The number of hydrogen-bond donors (Lipinski definition) is 2. The highest BCUT2D eigenvalue weighted by atomic mass is 32.2. The van der Waals surface area contributed by atoms with Crippen molar-refractivity contribution in [3.8, 4) is 5.75 Å². The molecule has 1 aromatic carbocycles. The average molecular weight is 741 g/mol. The normalized spacial score (nSPS) is 15.7. The van der Waals surface area contributed by atoms with Gasteiger partial charge in [-0.1, -0.05) is 0 Å². The van der Waals surface area contributed by atoms with E-state index >= 15 is 0 Å². The predicted octanol–water partition coefficient (Wildman–Crippen LogP) is 6.36. The third-order valence-corrected chi connectivity index (χ3v) is 7.52. The first-order valence-corrected chi connectivity index (χ1v) is 12.5.